The Morgan fingerprint density at radius 1 is 0.486 bits per heavy atom. The molecule has 37 heavy (non-hydrogen) atoms. The topological polar surface area (TPSA) is 16.1 Å². The first-order chi connectivity index (χ1) is 18.4. The van der Waals surface area contributed by atoms with Gasteiger partial charge in [-0.1, -0.05) is 98.8 Å². The molecule has 178 valence electrons. The molecule has 5 aromatic carbocycles. The molecule has 2 heteroatoms. The molecule has 1 heterocycles. The number of nitrogens with zero attached hydrogens (tertiary/aromatic N) is 2. The van der Waals surface area contributed by atoms with E-state index in [2.05, 4.69) is 113 Å². The third-order valence-electron chi connectivity index (χ3n) is 6.84. The van der Waals surface area contributed by atoms with Crippen LogP contribution >= 0.6 is 0 Å². The molecule has 0 fully saturated rings. The van der Waals surface area contributed by atoms with Gasteiger partial charge in [-0.05, 0) is 86.6 Å². The molecule has 0 radical (unpaired) electrons. The van der Waals surface area contributed by atoms with Crippen molar-refractivity contribution >= 4 is 28.0 Å². The number of pyridine rings is 1. The number of aromatic nitrogens is 1. The normalized spacial score (nSPS) is 11.0. The smallest absolute Gasteiger partial charge is 0.137 e. The average Bonchev–Trinajstić information content (AvgIpc) is 3.30. The number of hydrogen-bond acceptors (Lipinski definition) is 2. The quantitative estimate of drug-likeness (QED) is 0.251. The van der Waals surface area contributed by atoms with Crippen molar-refractivity contribution in [1.82, 2.24) is 4.98 Å². The van der Waals surface area contributed by atoms with Crippen LogP contribution in [-0.4, -0.2) is 4.98 Å². The number of rotatable bonds is 4. The van der Waals surface area contributed by atoms with Crippen LogP contribution in [0.5, 0.6) is 0 Å². The molecule has 0 unspecified atom stereocenters. The number of anilines is 3. The van der Waals surface area contributed by atoms with Crippen LogP contribution in [0, 0.1) is 0 Å². The maximum atomic E-state index is 4.65. The summed E-state index contributed by atoms with van der Waals surface area (Å²) in [7, 11) is 0. The monoisotopic (exact) mass is 476 g/mol. The van der Waals surface area contributed by atoms with Gasteiger partial charge in [0, 0.05) is 17.6 Å². The third-order valence-corrected chi connectivity index (χ3v) is 6.84. The standard InChI is InChI=1S/C33H22N2.C2H6/c1-2-12-26(13-3-1)35(32-17-4-5-20-34-32)27-14-6-11-24(21-27)25-18-19-28-29-15-7-9-23-10-8-16-30(33(23)29)31(28)22-25;1-2/h1-22H;1-2H3. The van der Waals surface area contributed by atoms with E-state index in [-0.39, 0.29) is 0 Å². The van der Waals surface area contributed by atoms with Crippen LogP contribution in [0.15, 0.2) is 134 Å². The predicted octanol–water partition coefficient (Wildman–Crippen LogP) is 10.0. The van der Waals surface area contributed by atoms with Gasteiger partial charge >= 0.3 is 0 Å². The highest BCUT2D eigenvalue weighted by atomic mass is 15.2. The summed E-state index contributed by atoms with van der Waals surface area (Å²) in [5, 5.41) is 2.66. The maximum Gasteiger partial charge on any atom is 0.137 e. The van der Waals surface area contributed by atoms with E-state index in [4.69, 9.17) is 0 Å². The summed E-state index contributed by atoms with van der Waals surface area (Å²) >= 11 is 0. The van der Waals surface area contributed by atoms with Crippen molar-refractivity contribution in [3.63, 3.8) is 0 Å². The summed E-state index contributed by atoms with van der Waals surface area (Å²) in [4.78, 5) is 6.85. The third kappa shape index (κ3) is 3.97. The summed E-state index contributed by atoms with van der Waals surface area (Å²) in [5.74, 6) is 0.895. The second kappa shape index (κ2) is 9.75. The average molecular weight is 477 g/mol. The minimum Gasteiger partial charge on any atom is -0.295 e. The van der Waals surface area contributed by atoms with Gasteiger partial charge in [-0.25, -0.2) is 4.98 Å². The van der Waals surface area contributed by atoms with Gasteiger partial charge in [-0.15, -0.1) is 0 Å². The first-order valence-electron chi connectivity index (χ1n) is 12.9. The molecular weight excluding hydrogens is 448 g/mol. The van der Waals surface area contributed by atoms with E-state index in [0.29, 0.717) is 0 Å². The summed E-state index contributed by atoms with van der Waals surface area (Å²) in [6, 6.07) is 45.2. The minimum absolute atomic E-state index is 0.895. The van der Waals surface area contributed by atoms with Crippen LogP contribution in [0.2, 0.25) is 0 Å². The zero-order valence-corrected chi connectivity index (χ0v) is 21.1. The van der Waals surface area contributed by atoms with E-state index in [1.165, 1.54) is 44.2 Å². The van der Waals surface area contributed by atoms with Crippen LogP contribution in [-0.2, 0) is 0 Å². The van der Waals surface area contributed by atoms with Crippen molar-refractivity contribution in [2.24, 2.45) is 0 Å². The van der Waals surface area contributed by atoms with Crippen molar-refractivity contribution in [1.29, 1.82) is 0 Å². The minimum atomic E-state index is 0.895. The first kappa shape index (κ1) is 22.8. The molecule has 0 atom stereocenters. The number of fused-ring (bicyclic) bond motifs is 3. The zero-order chi connectivity index (χ0) is 25.2. The second-order valence-corrected chi connectivity index (χ2v) is 8.88. The molecule has 0 saturated heterocycles. The summed E-state index contributed by atoms with van der Waals surface area (Å²) in [6.07, 6.45) is 1.84. The fraction of sp³-hybridized carbons (Fsp3) is 0.0571. The zero-order valence-electron chi connectivity index (χ0n) is 21.1. The molecule has 1 aliphatic rings. The Morgan fingerprint density at radius 3 is 1.92 bits per heavy atom. The van der Waals surface area contributed by atoms with Crippen LogP contribution < -0.4 is 4.90 Å². The summed E-state index contributed by atoms with van der Waals surface area (Å²) in [5.41, 5.74) is 9.84. The van der Waals surface area contributed by atoms with Gasteiger partial charge in [-0.3, -0.25) is 4.90 Å². The Kier molecular flexibility index (Phi) is 6.00. The molecule has 7 rings (SSSR count). The first-order valence-corrected chi connectivity index (χ1v) is 12.9. The highest BCUT2D eigenvalue weighted by molar-refractivity contribution is 6.15. The van der Waals surface area contributed by atoms with Gasteiger partial charge < -0.3 is 0 Å². The highest BCUT2D eigenvalue weighted by Gasteiger charge is 2.21. The predicted molar refractivity (Wildman–Crippen MR) is 158 cm³/mol. The van der Waals surface area contributed by atoms with Gasteiger partial charge in [-0.2, -0.15) is 0 Å². The molecule has 0 saturated carbocycles. The Bertz CT molecular complexity index is 1640. The van der Waals surface area contributed by atoms with Gasteiger partial charge in [0.15, 0.2) is 0 Å². The molecule has 0 N–H and O–H groups in total. The van der Waals surface area contributed by atoms with Gasteiger partial charge in [0.1, 0.15) is 5.82 Å². The number of hydrogen-bond donors (Lipinski definition) is 0. The molecular formula is C35H28N2. The Hall–Kier alpha value is -4.69. The molecule has 0 aliphatic heterocycles. The summed E-state index contributed by atoms with van der Waals surface area (Å²) < 4.78 is 0. The van der Waals surface area contributed by atoms with E-state index in [0.717, 1.165) is 17.2 Å². The van der Waals surface area contributed by atoms with Crippen molar-refractivity contribution in [2.45, 2.75) is 13.8 Å². The van der Waals surface area contributed by atoms with E-state index < -0.39 is 0 Å². The van der Waals surface area contributed by atoms with Crippen LogP contribution in [0.3, 0.4) is 0 Å². The van der Waals surface area contributed by atoms with Crippen molar-refractivity contribution in [3.8, 4) is 33.4 Å². The number of para-hydroxylation sites is 1. The SMILES string of the molecule is CC.c1ccc(N(c2cccc(-c3ccc4c(c3)-c3cccc5cccc-4c35)c2)c2ccccn2)cc1. The van der Waals surface area contributed by atoms with Crippen molar-refractivity contribution in [3.05, 3.63) is 134 Å². The molecule has 6 aromatic rings. The summed E-state index contributed by atoms with van der Waals surface area (Å²) in [6.45, 7) is 4.00. The lowest BCUT2D eigenvalue weighted by Crippen LogP contribution is -2.11. The van der Waals surface area contributed by atoms with Crippen molar-refractivity contribution < 1.29 is 0 Å². The second-order valence-electron chi connectivity index (χ2n) is 8.88. The Balaban J connectivity index is 0.00000123. The number of benzene rings is 5. The molecule has 2 nitrogen and oxygen atoms in total. The molecule has 1 aromatic heterocycles. The van der Waals surface area contributed by atoms with Gasteiger partial charge in [0.2, 0.25) is 0 Å². The fourth-order valence-electron chi connectivity index (χ4n) is 5.27. The lowest BCUT2D eigenvalue weighted by molar-refractivity contribution is 1.18. The van der Waals surface area contributed by atoms with Crippen LogP contribution in [0.25, 0.3) is 44.2 Å². The van der Waals surface area contributed by atoms with E-state index >= 15 is 0 Å². The Morgan fingerprint density at radius 2 is 1.16 bits per heavy atom. The van der Waals surface area contributed by atoms with E-state index in [1.54, 1.807) is 0 Å². The van der Waals surface area contributed by atoms with E-state index in [1.807, 2.05) is 44.3 Å². The van der Waals surface area contributed by atoms with E-state index in [9.17, 15) is 0 Å². The maximum absolute atomic E-state index is 4.65. The lowest BCUT2D eigenvalue weighted by atomic mass is 9.97. The Labute approximate surface area is 218 Å². The lowest BCUT2D eigenvalue weighted by Gasteiger charge is -2.24. The van der Waals surface area contributed by atoms with Gasteiger partial charge in [0.05, 0.1) is 0 Å². The van der Waals surface area contributed by atoms with Crippen LogP contribution in [0.4, 0.5) is 17.2 Å². The largest absolute Gasteiger partial charge is 0.295 e. The van der Waals surface area contributed by atoms with Crippen LogP contribution in [0.1, 0.15) is 13.8 Å². The molecule has 0 amide bonds. The van der Waals surface area contributed by atoms with Gasteiger partial charge in [0.25, 0.3) is 0 Å². The fourth-order valence-corrected chi connectivity index (χ4v) is 5.27. The molecule has 1 aliphatic carbocycles. The molecule has 0 spiro atoms. The molecule has 0 bridgehead atoms. The highest BCUT2D eigenvalue weighted by Crippen LogP contribution is 2.48. The van der Waals surface area contributed by atoms with Crippen molar-refractivity contribution in [2.75, 3.05) is 4.90 Å².